The molecule has 1 spiro atoms. The van der Waals surface area contributed by atoms with E-state index in [0.29, 0.717) is 41.9 Å². The van der Waals surface area contributed by atoms with E-state index in [9.17, 15) is 9.59 Å². The van der Waals surface area contributed by atoms with Gasteiger partial charge in [0, 0.05) is 111 Å². The zero-order chi connectivity index (χ0) is 37.6. The van der Waals surface area contributed by atoms with Gasteiger partial charge in [0.15, 0.2) is 0 Å². The summed E-state index contributed by atoms with van der Waals surface area (Å²) in [5, 5.41) is 8.12. The number of nitrogens with zero attached hydrogens (tertiary/aromatic N) is 4. The minimum atomic E-state index is 0.104. The lowest BCUT2D eigenvalue weighted by molar-refractivity contribution is -0.157. The van der Waals surface area contributed by atoms with Crippen molar-refractivity contribution in [3.05, 3.63) is 89.1 Å². The number of hydrogen-bond donors (Lipinski definition) is 2. The Balaban J connectivity index is 1.04. The van der Waals surface area contributed by atoms with E-state index in [2.05, 4.69) is 50.6 Å². The number of benzene rings is 3. The van der Waals surface area contributed by atoms with Gasteiger partial charge in [-0.1, -0.05) is 48.0 Å². The van der Waals surface area contributed by atoms with Crippen molar-refractivity contribution in [2.45, 2.75) is 38.9 Å². The van der Waals surface area contributed by atoms with Crippen LogP contribution in [0, 0.1) is 5.41 Å². The Morgan fingerprint density at radius 1 is 0.944 bits per heavy atom. The predicted octanol–water partition coefficient (Wildman–Crippen LogP) is 6.07. The van der Waals surface area contributed by atoms with Crippen LogP contribution in [0.5, 0.6) is 17.4 Å². The van der Waals surface area contributed by atoms with Crippen molar-refractivity contribution >= 4 is 34.3 Å². The Labute approximate surface area is 320 Å². The number of hydrogen-bond acceptors (Lipinski definition) is 8. The lowest BCUT2D eigenvalue weighted by Gasteiger charge is -2.60. The van der Waals surface area contributed by atoms with Crippen molar-refractivity contribution in [1.82, 2.24) is 30.0 Å². The fraction of sp³-hybridized carbons (Fsp3) is 0.357. The van der Waals surface area contributed by atoms with Crippen molar-refractivity contribution in [3.8, 4) is 45.5 Å². The highest BCUT2D eigenvalue weighted by atomic mass is 35.5. The number of pyridine rings is 1. The first-order valence-corrected chi connectivity index (χ1v) is 18.7. The molecular formula is C42H45ClN6O5. The zero-order valence-corrected chi connectivity index (χ0v) is 31.8. The topological polar surface area (TPSA) is 110 Å². The summed E-state index contributed by atoms with van der Waals surface area (Å²) in [6, 6.07) is 22.7. The highest BCUT2D eigenvalue weighted by Gasteiger charge is 2.52. The minimum Gasteiger partial charge on any atom is -0.496 e. The molecule has 0 radical (unpaired) electrons. The van der Waals surface area contributed by atoms with E-state index in [1.807, 2.05) is 47.4 Å². The third kappa shape index (κ3) is 6.65. The standard InChI is InChI=1S/C42H45ClN6O5/c1-26(50)48-24-42(25-48)22-47(23-42)21-27-11-13-35(46-41(27)54-4)33-9-5-8-32(40(33)43)30-7-6-10-36-31(30)15-16-49(36)29-17-37(52-2)34(38(18-29)53-3)20-44-19-28-12-14-39(51)45-28/h5-11,13,15-18,28,44H,12,14,19-25H2,1-4H3,(H,45,51)/t28-/m0/s1. The summed E-state index contributed by atoms with van der Waals surface area (Å²) in [5.41, 5.74) is 7.56. The summed E-state index contributed by atoms with van der Waals surface area (Å²) in [4.78, 5) is 32.5. The van der Waals surface area contributed by atoms with Crippen LogP contribution in [-0.2, 0) is 22.7 Å². The molecule has 2 amide bonds. The SMILES string of the molecule is COc1cc(-n2ccc3c(-c4cccc(-c5ccc(CN6CC7(C6)CN(C(C)=O)C7)c(OC)n5)c4Cl)cccc32)cc(OC)c1CNC[C@@H]1CCC(=O)N1. The largest absolute Gasteiger partial charge is 0.496 e. The van der Waals surface area contributed by atoms with Gasteiger partial charge in [-0.15, -0.1) is 0 Å². The summed E-state index contributed by atoms with van der Waals surface area (Å²) in [6.45, 7) is 7.22. The molecule has 3 aliphatic heterocycles. The average Bonchev–Trinajstić information content (AvgIpc) is 3.78. The molecule has 280 valence electrons. The predicted molar refractivity (Wildman–Crippen MR) is 209 cm³/mol. The van der Waals surface area contributed by atoms with E-state index < -0.39 is 0 Å². The maximum Gasteiger partial charge on any atom is 0.220 e. The quantitative estimate of drug-likeness (QED) is 0.158. The summed E-state index contributed by atoms with van der Waals surface area (Å²) >= 11 is 7.24. The van der Waals surface area contributed by atoms with Crippen LogP contribution in [0.4, 0.5) is 0 Å². The molecule has 8 rings (SSSR count). The van der Waals surface area contributed by atoms with Crippen molar-refractivity contribution < 1.29 is 23.8 Å². The third-order valence-electron chi connectivity index (χ3n) is 11.1. The summed E-state index contributed by atoms with van der Waals surface area (Å²) < 4.78 is 19.7. The lowest BCUT2D eigenvalue weighted by atomic mass is 9.72. The molecule has 5 heterocycles. The molecule has 0 aliphatic carbocycles. The molecule has 12 heteroatoms. The van der Waals surface area contributed by atoms with Crippen molar-refractivity contribution in [3.63, 3.8) is 0 Å². The number of methoxy groups -OCH3 is 3. The highest BCUT2D eigenvalue weighted by Crippen LogP contribution is 2.43. The monoisotopic (exact) mass is 748 g/mol. The van der Waals surface area contributed by atoms with Gasteiger partial charge in [-0.3, -0.25) is 14.5 Å². The molecule has 54 heavy (non-hydrogen) atoms. The van der Waals surface area contributed by atoms with Gasteiger partial charge in [0.05, 0.1) is 48.8 Å². The molecule has 2 N–H and O–H groups in total. The Hall–Kier alpha value is -5.10. The number of nitrogens with one attached hydrogen (secondary N) is 2. The van der Waals surface area contributed by atoms with Gasteiger partial charge in [-0.05, 0) is 30.2 Å². The lowest BCUT2D eigenvalue weighted by Crippen LogP contribution is -2.72. The molecule has 0 unspecified atom stereocenters. The van der Waals surface area contributed by atoms with Gasteiger partial charge >= 0.3 is 0 Å². The maximum atomic E-state index is 11.7. The van der Waals surface area contributed by atoms with Crippen LogP contribution in [0.15, 0.2) is 72.9 Å². The zero-order valence-electron chi connectivity index (χ0n) is 31.1. The molecule has 5 aromatic rings. The summed E-state index contributed by atoms with van der Waals surface area (Å²) in [6.07, 6.45) is 3.46. The van der Waals surface area contributed by atoms with Crippen LogP contribution in [0.3, 0.4) is 0 Å². The van der Waals surface area contributed by atoms with Crippen LogP contribution in [0.2, 0.25) is 5.02 Å². The molecule has 0 bridgehead atoms. The van der Waals surface area contributed by atoms with E-state index >= 15 is 0 Å². The Kier molecular flexibility index (Phi) is 9.72. The molecule has 3 aromatic carbocycles. The number of ether oxygens (including phenoxy) is 3. The number of aromatic nitrogens is 2. The first kappa shape index (κ1) is 35.9. The first-order chi connectivity index (χ1) is 26.2. The molecule has 3 aliphatic rings. The number of rotatable bonds is 12. The van der Waals surface area contributed by atoms with Crippen molar-refractivity contribution in [2.75, 3.05) is 54.1 Å². The second kappa shape index (κ2) is 14.6. The smallest absolute Gasteiger partial charge is 0.220 e. The van der Waals surface area contributed by atoms with Gasteiger partial charge in [0.1, 0.15) is 11.5 Å². The van der Waals surface area contributed by atoms with Gasteiger partial charge < -0.3 is 34.3 Å². The van der Waals surface area contributed by atoms with Gasteiger partial charge in [0.2, 0.25) is 17.7 Å². The van der Waals surface area contributed by atoms with Crippen LogP contribution < -0.4 is 24.8 Å². The van der Waals surface area contributed by atoms with E-state index in [-0.39, 0.29) is 23.3 Å². The fourth-order valence-corrected chi connectivity index (χ4v) is 8.73. The Morgan fingerprint density at radius 3 is 2.35 bits per heavy atom. The fourth-order valence-electron chi connectivity index (χ4n) is 8.41. The van der Waals surface area contributed by atoms with Crippen LogP contribution >= 0.6 is 11.6 Å². The molecular weight excluding hydrogens is 704 g/mol. The molecule has 11 nitrogen and oxygen atoms in total. The summed E-state index contributed by atoms with van der Waals surface area (Å²) in [7, 11) is 4.99. The van der Waals surface area contributed by atoms with Crippen molar-refractivity contribution in [2.24, 2.45) is 5.41 Å². The normalized spacial score (nSPS) is 17.7. The summed E-state index contributed by atoms with van der Waals surface area (Å²) in [5.74, 6) is 2.27. The van der Waals surface area contributed by atoms with Crippen LogP contribution in [0.1, 0.15) is 30.9 Å². The Bertz CT molecular complexity index is 2210. The third-order valence-corrected chi connectivity index (χ3v) is 11.5. The van der Waals surface area contributed by atoms with Crippen LogP contribution in [0.25, 0.3) is 39.0 Å². The van der Waals surface area contributed by atoms with Crippen molar-refractivity contribution in [1.29, 1.82) is 0 Å². The number of halogens is 1. The maximum absolute atomic E-state index is 11.7. The van der Waals surface area contributed by atoms with E-state index in [4.69, 9.17) is 30.8 Å². The van der Waals surface area contributed by atoms with Gasteiger partial charge in [0.25, 0.3) is 0 Å². The molecule has 1 atom stereocenters. The number of carbonyl (C=O) groups is 2. The van der Waals surface area contributed by atoms with Gasteiger partial charge in [-0.2, -0.15) is 0 Å². The minimum absolute atomic E-state index is 0.104. The highest BCUT2D eigenvalue weighted by molar-refractivity contribution is 6.36. The Morgan fingerprint density at radius 2 is 1.67 bits per heavy atom. The van der Waals surface area contributed by atoms with Gasteiger partial charge in [-0.25, -0.2) is 4.98 Å². The average molecular weight is 749 g/mol. The number of likely N-dealkylation sites (tertiary alicyclic amines) is 2. The molecule has 3 saturated heterocycles. The van der Waals surface area contributed by atoms with Crippen LogP contribution in [-0.4, -0.2) is 91.3 Å². The number of amides is 2. The van der Waals surface area contributed by atoms with E-state index in [1.54, 1.807) is 28.3 Å². The second-order valence-electron chi connectivity index (χ2n) is 14.7. The molecule has 0 saturated carbocycles. The first-order valence-electron chi connectivity index (χ1n) is 18.4. The van der Waals surface area contributed by atoms with E-state index in [0.717, 1.165) is 89.2 Å². The number of carbonyl (C=O) groups excluding carboxylic acids is 2. The molecule has 2 aromatic heterocycles. The molecule has 3 fully saturated rings. The number of fused-ring (bicyclic) bond motifs is 1. The van der Waals surface area contributed by atoms with E-state index in [1.165, 1.54) is 0 Å². The second-order valence-corrected chi connectivity index (χ2v) is 15.1.